The summed E-state index contributed by atoms with van der Waals surface area (Å²) >= 11 is 0. The molecule has 0 unspecified atom stereocenters. The van der Waals surface area contributed by atoms with Gasteiger partial charge in [-0.1, -0.05) is 30.3 Å². The lowest BCUT2D eigenvalue weighted by molar-refractivity contribution is 0.304. The van der Waals surface area contributed by atoms with Crippen LogP contribution in [0, 0.1) is 5.82 Å². The zero-order valence-corrected chi connectivity index (χ0v) is 22.4. The highest BCUT2D eigenvalue weighted by Gasteiger charge is 2.22. The van der Waals surface area contributed by atoms with Crippen molar-refractivity contribution in [2.45, 2.75) is 38.8 Å². The van der Waals surface area contributed by atoms with Crippen LogP contribution in [0.3, 0.4) is 0 Å². The van der Waals surface area contributed by atoms with Crippen molar-refractivity contribution in [3.63, 3.8) is 0 Å². The van der Waals surface area contributed by atoms with Gasteiger partial charge in [-0.25, -0.2) is 9.37 Å². The lowest BCUT2D eigenvalue weighted by Gasteiger charge is -2.15. The quantitative estimate of drug-likeness (QED) is 0.267. The van der Waals surface area contributed by atoms with Gasteiger partial charge < -0.3 is 20.1 Å². The van der Waals surface area contributed by atoms with Crippen LogP contribution in [0.5, 0.6) is 11.5 Å². The highest BCUT2D eigenvalue weighted by Crippen LogP contribution is 2.32. The number of hydrogen-bond acceptors (Lipinski definition) is 6. The number of hydrogen-bond donors (Lipinski definition) is 2. The second kappa shape index (κ2) is 11.5. The molecule has 8 heteroatoms. The number of halogens is 1. The molecule has 1 aromatic heterocycles. The molecule has 0 atom stereocenters. The first-order chi connectivity index (χ1) is 19.5. The average molecular weight is 541 g/mol. The molecule has 3 heterocycles. The minimum atomic E-state index is -0.443. The van der Waals surface area contributed by atoms with Crippen molar-refractivity contribution >= 4 is 28.2 Å². The predicted octanol–water partition coefficient (Wildman–Crippen LogP) is 5.66. The van der Waals surface area contributed by atoms with Gasteiger partial charge in [-0.2, -0.15) is 0 Å². The van der Waals surface area contributed by atoms with Gasteiger partial charge in [0.1, 0.15) is 29.7 Å². The Morgan fingerprint density at radius 2 is 1.88 bits per heavy atom. The molecule has 206 valence electrons. The number of benzene rings is 3. The summed E-state index contributed by atoms with van der Waals surface area (Å²) in [5.41, 5.74) is 3.07. The molecular formula is C32H33FN4O3. The van der Waals surface area contributed by atoms with Crippen molar-refractivity contribution in [2.24, 2.45) is 0 Å². The van der Waals surface area contributed by atoms with E-state index in [1.807, 2.05) is 42.5 Å². The van der Waals surface area contributed by atoms with Gasteiger partial charge in [0.05, 0.1) is 16.6 Å². The highest BCUT2D eigenvalue weighted by molar-refractivity contribution is 5.87. The minimum Gasteiger partial charge on any atom is -0.507 e. The van der Waals surface area contributed by atoms with Crippen LogP contribution in [0.2, 0.25) is 0 Å². The molecule has 0 bridgehead atoms. The standard InChI is InChI=1S/C32H33FN4O3/c33-27-19-26-28(20-29(27)34-12-6-15-36-13-4-5-14-36)35-31-24(11-16-37(31)32(26)39)17-23-9-10-25(18-30(23)38)40-21-22-7-2-1-3-8-22/h1-3,7-10,17-20,34,38H,4-6,11-16,21H2/b24-17+. The van der Waals surface area contributed by atoms with Crippen LogP contribution in [0.1, 0.15) is 42.6 Å². The molecule has 0 aliphatic carbocycles. The fourth-order valence-electron chi connectivity index (χ4n) is 5.51. The van der Waals surface area contributed by atoms with Crippen molar-refractivity contribution in [3.05, 3.63) is 93.8 Å². The van der Waals surface area contributed by atoms with E-state index in [1.54, 1.807) is 22.8 Å². The van der Waals surface area contributed by atoms with Crippen molar-refractivity contribution in [3.8, 4) is 11.5 Å². The number of nitrogens with zero attached hydrogens (tertiary/aromatic N) is 3. The smallest absolute Gasteiger partial charge is 0.261 e. The molecule has 1 saturated heterocycles. The van der Waals surface area contributed by atoms with E-state index >= 15 is 0 Å². The molecule has 2 N–H and O–H groups in total. The Labute approximate surface area is 232 Å². The van der Waals surface area contributed by atoms with Gasteiger partial charge in [0, 0.05) is 24.7 Å². The molecule has 2 aliphatic heterocycles. The van der Waals surface area contributed by atoms with E-state index in [9.17, 15) is 14.3 Å². The Balaban J connectivity index is 1.20. The third-order valence-electron chi connectivity index (χ3n) is 7.68. The van der Waals surface area contributed by atoms with E-state index in [2.05, 4.69) is 10.2 Å². The Kier molecular flexibility index (Phi) is 7.51. The number of aromatic nitrogens is 2. The van der Waals surface area contributed by atoms with Gasteiger partial charge in [0.25, 0.3) is 5.56 Å². The van der Waals surface area contributed by atoms with Crippen LogP contribution in [0.25, 0.3) is 22.6 Å². The second-order valence-corrected chi connectivity index (χ2v) is 10.5. The minimum absolute atomic E-state index is 0.0853. The summed E-state index contributed by atoms with van der Waals surface area (Å²) in [6.45, 7) is 4.80. The molecule has 3 aromatic carbocycles. The lowest BCUT2D eigenvalue weighted by atomic mass is 10.1. The summed E-state index contributed by atoms with van der Waals surface area (Å²) in [7, 11) is 0. The summed E-state index contributed by atoms with van der Waals surface area (Å²) in [6, 6.07) is 18.0. The first kappa shape index (κ1) is 26.1. The Morgan fingerprint density at radius 3 is 2.67 bits per heavy atom. The maximum atomic E-state index is 14.9. The summed E-state index contributed by atoms with van der Waals surface area (Å²) in [5, 5.41) is 14.2. The number of phenols is 1. The summed E-state index contributed by atoms with van der Waals surface area (Å²) in [5.74, 6) is 0.759. The molecule has 6 rings (SSSR count). The van der Waals surface area contributed by atoms with Crippen LogP contribution in [0.15, 0.2) is 65.5 Å². The normalized spacial score (nSPS) is 16.1. The molecule has 7 nitrogen and oxygen atoms in total. The zero-order chi connectivity index (χ0) is 27.5. The van der Waals surface area contributed by atoms with Crippen LogP contribution in [-0.4, -0.2) is 45.7 Å². The third-order valence-corrected chi connectivity index (χ3v) is 7.68. The first-order valence-electron chi connectivity index (χ1n) is 14.0. The number of fused-ring (bicyclic) bond motifs is 2. The van der Waals surface area contributed by atoms with Gasteiger partial charge in [-0.05, 0) is 86.8 Å². The molecule has 0 radical (unpaired) electrons. The number of nitrogens with one attached hydrogen (secondary N) is 1. The van der Waals surface area contributed by atoms with Crippen LogP contribution >= 0.6 is 0 Å². The van der Waals surface area contributed by atoms with Gasteiger partial charge in [0.2, 0.25) is 0 Å². The molecule has 2 aliphatic rings. The summed E-state index contributed by atoms with van der Waals surface area (Å²) < 4.78 is 22.3. The number of aromatic hydroxyl groups is 1. The maximum Gasteiger partial charge on any atom is 0.261 e. The highest BCUT2D eigenvalue weighted by atomic mass is 19.1. The Morgan fingerprint density at radius 1 is 1.05 bits per heavy atom. The van der Waals surface area contributed by atoms with Crippen LogP contribution in [0.4, 0.5) is 10.1 Å². The Hall–Kier alpha value is -4.17. The second-order valence-electron chi connectivity index (χ2n) is 10.5. The van der Waals surface area contributed by atoms with Gasteiger partial charge >= 0.3 is 0 Å². The molecule has 1 fully saturated rings. The van der Waals surface area contributed by atoms with E-state index in [0.717, 1.165) is 37.2 Å². The molecule has 0 saturated carbocycles. The average Bonchev–Trinajstić information content (AvgIpc) is 3.63. The zero-order valence-electron chi connectivity index (χ0n) is 22.4. The number of likely N-dealkylation sites (tertiary alicyclic amines) is 1. The van der Waals surface area contributed by atoms with Crippen molar-refractivity contribution in [1.82, 2.24) is 14.5 Å². The van der Waals surface area contributed by atoms with Crippen molar-refractivity contribution in [1.29, 1.82) is 0 Å². The van der Waals surface area contributed by atoms with Crippen LogP contribution < -0.4 is 15.6 Å². The largest absolute Gasteiger partial charge is 0.507 e. The molecule has 4 aromatic rings. The number of phenolic OH excluding ortho intramolecular Hbond substituents is 1. The lowest BCUT2D eigenvalue weighted by Crippen LogP contribution is -2.22. The fourth-order valence-corrected chi connectivity index (χ4v) is 5.51. The van der Waals surface area contributed by atoms with Crippen molar-refractivity contribution < 1.29 is 14.2 Å². The predicted molar refractivity (Wildman–Crippen MR) is 156 cm³/mol. The van der Waals surface area contributed by atoms with Gasteiger partial charge in [-0.3, -0.25) is 9.36 Å². The maximum absolute atomic E-state index is 14.9. The van der Waals surface area contributed by atoms with E-state index in [-0.39, 0.29) is 16.7 Å². The van der Waals surface area contributed by atoms with Gasteiger partial charge in [-0.15, -0.1) is 0 Å². The molecular weight excluding hydrogens is 507 g/mol. The Bertz CT molecular complexity index is 1610. The summed E-state index contributed by atoms with van der Waals surface area (Å²) in [4.78, 5) is 20.4. The number of rotatable bonds is 9. The van der Waals surface area contributed by atoms with E-state index in [4.69, 9.17) is 9.72 Å². The number of anilines is 1. The third kappa shape index (κ3) is 5.58. The van der Waals surface area contributed by atoms with E-state index in [0.29, 0.717) is 54.5 Å². The first-order valence-corrected chi connectivity index (χ1v) is 14.0. The van der Waals surface area contributed by atoms with Crippen molar-refractivity contribution in [2.75, 3.05) is 31.5 Å². The van der Waals surface area contributed by atoms with Crippen LogP contribution in [-0.2, 0) is 13.2 Å². The monoisotopic (exact) mass is 540 g/mol. The fraction of sp³-hybridized carbons (Fsp3) is 0.312. The SMILES string of the molecule is O=c1c2cc(F)c(NCCCN3CCCC3)cc2nc2n1CC/C2=C\c1ccc(OCc2ccccc2)cc1O. The summed E-state index contributed by atoms with van der Waals surface area (Å²) in [6.07, 6.45) is 5.87. The van der Waals surface area contributed by atoms with Gasteiger partial charge in [0.15, 0.2) is 0 Å². The number of ether oxygens (including phenoxy) is 1. The molecule has 0 amide bonds. The topological polar surface area (TPSA) is 79.6 Å². The van der Waals surface area contributed by atoms with E-state index in [1.165, 1.54) is 18.9 Å². The molecule has 0 spiro atoms. The number of allylic oxidation sites excluding steroid dienone is 1. The van der Waals surface area contributed by atoms with E-state index < -0.39 is 5.82 Å². The molecule has 40 heavy (non-hydrogen) atoms.